The van der Waals surface area contributed by atoms with Gasteiger partial charge in [0.25, 0.3) is 0 Å². The van der Waals surface area contributed by atoms with Gasteiger partial charge >= 0.3 is 0 Å². The number of thioether (sulfide) groups is 1. The van der Waals surface area contributed by atoms with E-state index in [1.807, 2.05) is 18.2 Å². The number of hydrogen-bond donors (Lipinski definition) is 1. The van der Waals surface area contributed by atoms with Gasteiger partial charge in [-0.3, -0.25) is 0 Å². The van der Waals surface area contributed by atoms with Gasteiger partial charge in [-0.1, -0.05) is 23.7 Å². The van der Waals surface area contributed by atoms with Crippen molar-refractivity contribution in [2.45, 2.75) is 11.4 Å². The number of halogens is 2. The summed E-state index contributed by atoms with van der Waals surface area (Å²) in [6.07, 6.45) is 2.08. The Morgan fingerprint density at radius 1 is 1.17 bits per heavy atom. The lowest BCUT2D eigenvalue weighted by Crippen LogP contribution is -1.99. The second-order valence-corrected chi connectivity index (χ2v) is 5.97. The fraction of sp³-hybridized carbons (Fsp3) is 0.143. The van der Waals surface area contributed by atoms with E-state index in [0.29, 0.717) is 0 Å². The van der Waals surface area contributed by atoms with Crippen LogP contribution in [0.25, 0.3) is 0 Å². The minimum absolute atomic E-state index is 0.727. The fourth-order valence-corrected chi connectivity index (χ4v) is 2.46. The monoisotopic (exact) mass is 341 g/mol. The molecule has 0 unspecified atom stereocenters. The summed E-state index contributed by atoms with van der Waals surface area (Å²) in [7, 11) is 0. The Hall–Kier alpha value is -0.640. The van der Waals surface area contributed by atoms with Gasteiger partial charge in [0.2, 0.25) is 0 Å². The lowest BCUT2D eigenvalue weighted by Gasteiger charge is -2.08. The predicted molar refractivity (Wildman–Crippen MR) is 84.7 cm³/mol. The molecule has 0 aromatic heterocycles. The van der Waals surface area contributed by atoms with Crippen LogP contribution in [0.4, 0.5) is 5.69 Å². The number of hydrogen-bond acceptors (Lipinski definition) is 2. The Morgan fingerprint density at radius 3 is 2.50 bits per heavy atom. The molecule has 0 saturated carbocycles. The molecule has 0 spiro atoms. The highest BCUT2D eigenvalue weighted by Gasteiger charge is 1.99. The molecule has 18 heavy (non-hydrogen) atoms. The zero-order valence-corrected chi connectivity index (χ0v) is 13.1. The Morgan fingerprint density at radius 2 is 1.89 bits per heavy atom. The van der Waals surface area contributed by atoms with Crippen LogP contribution in [0.5, 0.6) is 0 Å². The van der Waals surface area contributed by atoms with Gasteiger partial charge in [-0.2, -0.15) is 0 Å². The Balaban J connectivity index is 1.99. The third-order valence-electron chi connectivity index (χ3n) is 2.58. The van der Waals surface area contributed by atoms with E-state index in [-0.39, 0.29) is 0 Å². The molecular formula is C14H13BrClNS. The summed E-state index contributed by atoms with van der Waals surface area (Å²) in [5, 5.41) is 4.10. The molecule has 0 aliphatic heterocycles. The van der Waals surface area contributed by atoms with Gasteiger partial charge in [-0.25, -0.2) is 0 Å². The van der Waals surface area contributed by atoms with Crippen LogP contribution < -0.4 is 5.32 Å². The first kappa shape index (κ1) is 13.8. The van der Waals surface area contributed by atoms with Gasteiger partial charge in [0.15, 0.2) is 0 Å². The van der Waals surface area contributed by atoms with Crippen molar-refractivity contribution in [2.75, 3.05) is 11.6 Å². The second-order valence-electron chi connectivity index (χ2n) is 3.83. The van der Waals surface area contributed by atoms with E-state index in [0.717, 1.165) is 21.7 Å². The van der Waals surface area contributed by atoms with E-state index in [1.165, 1.54) is 10.5 Å². The Labute approximate surface area is 125 Å². The molecule has 2 aromatic rings. The second kappa shape index (κ2) is 6.50. The molecular weight excluding hydrogens is 330 g/mol. The van der Waals surface area contributed by atoms with Gasteiger partial charge in [-0.15, -0.1) is 11.8 Å². The van der Waals surface area contributed by atoms with E-state index >= 15 is 0 Å². The molecule has 0 aliphatic rings. The number of benzene rings is 2. The van der Waals surface area contributed by atoms with E-state index < -0.39 is 0 Å². The molecule has 0 bridgehead atoms. The predicted octanol–water partition coefficient (Wildman–Crippen LogP) is 5.44. The Kier molecular flexibility index (Phi) is 4.98. The Bertz CT molecular complexity index is 528. The average Bonchev–Trinajstić information content (AvgIpc) is 2.41. The molecule has 94 valence electrons. The van der Waals surface area contributed by atoms with Crippen LogP contribution in [0, 0.1) is 0 Å². The van der Waals surface area contributed by atoms with Gasteiger partial charge in [0.05, 0.1) is 5.02 Å². The molecule has 0 radical (unpaired) electrons. The molecule has 1 nitrogen and oxygen atoms in total. The maximum Gasteiger partial charge on any atom is 0.0549 e. The zero-order chi connectivity index (χ0) is 13.0. The number of rotatable bonds is 4. The van der Waals surface area contributed by atoms with Gasteiger partial charge in [0, 0.05) is 21.6 Å². The van der Waals surface area contributed by atoms with Crippen molar-refractivity contribution >= 4 is 45.0 Å². The van der Waals surface area contributed by atoms with Crippen LogP contribution in [0.3, 0.4) is 0 Å². The summed E-state index contributed by atoms with van der Waals surface area (Å²) < 4.78 is 0.909. The summed E-state index contributed by atoms with van der Waals surface area (Å²) >= 11 is 11.1. The minimum atomic E-state index is 0.727. The highest BCUT2D eigenvalue weighted by molar-refractivity contribution is 9.10. The normalized spacial score (nSPS) is 10.4. The molecule has 4 heteroatoms. The van der Waals surface area contributed by atoms with Crippen molar-refractivity contribution in [1.82, 2.24) is 0 Å². The van der Waals surface area contributed by atoms with Crippen LogP contribution in [-0.2, 0) is 6.54 Å². The molecule has 0 fully saturated rings. The number of nitrogens with one attached hydrogen (secondary N) is 1. The molecule has 0 heterocycles. The minimum Gasteiger partial charge on any atom is -0.381 e. The molecule has 1 N–H and O–H groups in total. The van der Waals surface area contributed by atoms with Crippen molar-refractivity contribution in [3.05, 3.63) is 57.5 Å². The first-order chi connectivity index (χ1) is 8.69. The smallest absolute Gasteiger partial charge is 0.0549 e. The summed E-state index contributed by atoms with van der Waals surface area (Å²) in [6.45, 7) is 0.808. The fourth-order valence-electron chi connectivity index (χ4n) is 1.55. The molecule has 0 atom stereocenters. The highest BCUT2D eigenvalue weighted by atomic mass is 79.9. The molecule has 2 rings (SSSR count). The van der Waals surface area contributed by atoms with Gasteiger partial charge < -0.3 is 5.32 Å². The standard InChI is InChI=1S/C14H13BrClNS/c1-18-12-5-2-10(3-6-12)9-17-11-4-7-14(16)13(15)8-11/h2-8,17H,9H2,1H3. The van der Waals surface area contributed by atoms with Crippen LogP contribution >= 0.6 is 39.3 Å². The maximum atomic E-state index is 5.95. The molecule has 0 amide bonds. The van der Waals surface area contributed by atoms with E-state index in [2.05, 4.69) is 51.8 Å². The van der Waals surface area contributed by atoms with E-state index in [1.54, 1.807) is 11.8 Å². The van der Waals surface area contributed by atoms with Crippen molar-refractivity contribution < 1.29 is 0 Å². The maximum absolute atomic E-state index is 5.95. The van der Waals surface area contributed by atoms with Crippen molar-refractivity contribution in [3.8, 4) is 0 Å². The molecule has 0 saturated heterocycles. The first-order valence-corrected chi connectivity index (χ1v) is 7.90. The summed E-state index contributed by atoms with van der Waals surface area (Å²) in [4.78, 5) is 1.29. The first-order valence-electron chi connectivity index (χ1n) is 5.51. The number of anilines is 1. The van der Waals surface area contributed by atoms with Crippen LogP contribution in [-0.4, -0.2) is 6.26 Å². The quantitative estimate of drug-likeness (QED) is 0.743. The largest absolute Gasteiger partial charge is 0.381 e. The van der Waals surface area contributed by atoms with E-state index in [9.17, 15) is 0 Å². The average molecular weight is 343 g/mol. The van der Waals surface area contributed by atoms with E-state index in [4.69, 9.17) is 11.6 Å². The molecule has 2 aromatic carbocycles. The summed E-state index contributed by atoms with van der Waals surface area (Å²) in [5.74, 6) is 0. The van der Waals surface area contributed by atoms with Crippen LogP contribution in [0.15, 0.2) is 51.8 Å². The van der Waals surface area contributed by atoms with Crippen molar-refractivity contribution in [1.29, 1.82) is 0 Å². The lowest BCUT2D eigenvalue weighted by molar-refractivity contribution is 1.14. The van der Waals surface area contributed by atoms with Gasteiger partial charge in [-0.05, 0) is 58.1 Å². The SMILES string of the molecule is CSc1ccc(CNc2ccc(Cl)c(Br)c2)cc1. The summed E-state index contributed by atoms with van der Waals surface area (Å²) in [6, 6.07) is 14.4. The van der Waals surface area contributed by atoms with Crippen molar-refractivity contribution in [3.63, 3.8) is 0 Å². The third-order valence-corrected chi connectivity index (χ3v) is 4.53. The highest BCUT2D eigenvalue weighted by Crippen LogP contribution is 2.25. The van der Waals surface area contributed by atoms with Crippen LogP contribution in [0.2, 0.25) is 5.02 Å². The lowest BCUT2D eigenvalue weighted by atomic mass is 10.2. The summed E-state index contributed by atoms with van der Waals surface area (Å²) in [5.41, 5.74) is 2.32. The van der Waals surface area contributed by atoms with Crippen molar-refractivity contribution in [2.24, 2.45) is 0 Å². The van der Waals surface area contributed by atoms with Gasteiger partial charge in [0.1, 0.15) is 0 Å². The topological polar surface area (TPSA) is 12.0 Å². The third kappa shape index (κ3) is 3.67. The zero-order valence-electron chi connectivity index (χ0n) is 9.91. The molecule has 0 aliphatic carbocycles. The van der Waals surface area contributed by atoms with Crippen LogP contribution in [0.1, 0.15) is 5.56 Å².